The van der Waals surface area contributed by atoms with Gasteiger partial charge in [-0.2, -0.15) is 0 Å². The SMILES string of the molecule is c1ccc(-c2cc(N(c3cccc4c3sc3ccccc34)c3cccc4c3c3ccccc3n4-c3ccccc3)ccc2-c2cccc3c2sc2ccccc23)cc1. The minimum absolute atomic E-state index is 1.11. The average Bonchev–Trinajstić information content (AvgIpc) is 3.98. The van der Waals surface area contributed by atoms with Crippen molar-refractivity contribution in [3.63, 3.8) is 0 Å². The van der Waals surface area contributed by atoms with E-state index >= 15 is 0 Å². The van der Waals surface area contributed by atoms with E-state index in [0.29, 0.717) is 0 Å². The van der Waals surface area contributed by atoms with Crippen LogP contribution in [0.25, 0.3) is 90.1 Å². The molecule has 12 rings (SSSR count). The highest BCUT2D eigenvalue weighted by atomic mass is 32.1. The number of anilines is 3. The number of hydrogen-bond acceptors (Lipinski definition) is 3. The van der Waals surface area contributed by atoms with Crippen LogP contribution in [-0.4, -0.2) is 4.57 Å². The van der Waals surface area contributed by atoms with E-state index in [0.717, 1.165) is 17.1 Å². The summed E-state index contributed by atoms with van der Waals surface area (Å²) in [5.74, 6) is 0. The van der Waals surface area contributed by atoms with Crippen molar-refractivity contribution in [2.75, 3.05) is 4.90 Å². The number of benzene rings is 9. The van der Waals surface area contributed by atoms with E-state index in [9.17, 15) is 0 Å². The number of hydrogen-bond donors (Lipinski definition) is 0. The molecule has 9 aromatic carbocycles. The normalized spacial score (nSPS) is 11.8. The first-order chi connectivity index (χ1) is 28.8. The van der Waals surface area contributed by atoms with Crippen LogP contribution < -0.4 is 4.90 Å². The van der Waals surface area contributed by atoms with Gasteiger partial charge in [-0.15, -0.1) is 22.7 Å². The molecule has 0 radical (unpaired) electrons. The maximum atomic E-state index is 2.53. The molecule has 3 aromatic heterocycles. The lowest BCUT2D eigenvalue weighted by Crippen LogP contribution is -2.11. The Morgan fingerprint density at radius 1 is 0.362 bits per heavy atom. The first-order valence-corrected chi connectivity index (χ1v) is 21.3. The van der Waals surface area contributed by atoms with Gasteiger partial charge in [0.25, 0.3) is 0 Å². The molecule has 0 aliphatic heterocycles. The van der Waals surface area contributed by atoms with Gasteiger partial charge in [0.15, 0.2) is 0 Å². The Balaban J connectivity index is 1.18. The summed E-state index contributed by atoms with van der Waals surface area (Å²) in [6, 6.07) is 75.7. The fraction of sp³-hybridized carbons (Fsp3) is 0. The molecular formula is C54H34N2S2. The minimum atomic E-state index is 1.11. The standard InChI is InChI=1S/C54H34N2S2/c1-3-16-35(17-4-1)45-34-37(32-33-38(45)41-23-13-24-42-39-20-8-11-30-50(39)57-53(41)42)56(49-29-14-25-43-40-21-9-12-31-51(40)58-54(43)49)48-28-15-27-47-52(48)44-22-7-10-26-46(44)55(47)36-18-5-2-6-19-36/h1-34H. The zero-order chi connectivity index (χ0) is 38.2. The highest BCUT2D eigenvalue weighted by molar-refractivity contribution is 7.26. The van der Waals surface area contributed by atoms with Crippen LogP contribution in [0.15, 0.2) is 206 Å². The summed E-state index contributed by atoms with van der Waals surface area (Å²) >= 11 is 3.76. The van der Waals surface area contributed by atoms with Gasteiger partial charge in [0.05, 0.1) is 27.1 Å². The maximum Gasteiger partial charge on any atom is 0.0640 e. The second kappa shape index (κ2) is 13.3. The number of fused-ring (bicyclic) bond motifs is 9. The van der Waals surface area contributed by atoms with Crippen LogP contribution in [0.2, 0.25) is 0 Å². The molecule has 0 fully saturated rings. The average molecular weight is 775 g/mol. The summed E-state index contributed by atoms with van der Waals surface area (Å²) in [7, 11) is 0. The van der Waals surface area contributed by atoms with Crippen molar-refractivity contribution in [3.8, 4) is 27.9 Å². The first kappa shape index (κ1) is 33.2. The molecular weight excluding hydrogens is 741 g/mol. The molecule has 0 spiro atoms. The number of rotatable bonds is 6. The van der Waals surface area contributed by atoms with Crippen molar-refractivity contribution in [3.05, 3.63) is 206 Å². The molecule has 0 bridgehead atoms. The quantitative estimate of drug-likeness (QED) is 0.163. The molecule has 0 aliphatic rings. The monoisotopic (exact) mass is 774 g/mol. The van der Waals surface area contributed by atoms with Gasteiger partial charge in [-0.05, 0) is 77.4 Å². The molecule has 3 heterocycles. The molecule has 12 aromatic rings. The summed E-state index contributed by atoms with van der Waals surface area (Å²) in [4.78, 5) is 2.53. The fourth-order valence-corrected chi connectivity index (χ4v) is 11.5. The van der Waals surface area contributed by atoms with Crippen molar-refractivity contribution in [2.45, 2.75) is 0 Å². The van der Waals surface area contributed by atoms with Crippen LogP contribution in [-0.2, 0) is 0 Å². The number of para-hydroxylation sites is 2. The molecule has 58 heavy (non-hydrogen) atoms. The Kier molecular flexibility index (Phi) is 7.62. The molecule has 272 valence electrons. The first-order valence-electron chi connectivity index (χ1n) is 19.7. The van der Waals surface area contributed by atoms with E-state index in [4.69, 9.17) is 0 Å². The zero-order valence-electron chi connectivity index (χ0n) is 31.3. The van der Waals surface area contributed by atoms with E-state index in [-0.39, 0.29) is 0 Å². The Bertz CT molecular complexity index is 3520. The third-order valence-corrected chi connectivity index (χ3v) is 14.0. The fourth-order valence-electron chi connectivity index (χ4n) is 9.08. The van der Waals surface area contributed by atoms with E-state index in [1.54, 1.807) is 0 Å². The molecule has 0 atom stereocenters. The molecule has 0 saturated heterocycles. The summed E-state index contributed by atoms with van der Waals surface area (Å²) in [6.45, 7) is 0. The molecule has 0 unspecified atom stereocenters. The van der Waals surface area contributed by atoms with Crippen molar-refractivity contribution < 1.29 is 0 Å². The number of aromatic nitrogens is 1. The van der Waals surface area contributed by atoms with E-state index in [1.165, 1.54) is 90.1 Å². The van der Waals surface area contributed by atoms with Crippen LogP contribution in [0.4, 0.5) is 17.1 Å². The van der Waals surface area contributed by atoms with Crippen LogP contribution in [0.1, 0.15) is 0 Å². The van der Waals surface area contributed by atoms with E-state index in [1.807, 2.05) is 22.7 Å². The summed E-state index contributed by atoms with van der Waals surface area (Å²) in [5.41, 5.74) is 11.8. The molecule has 0 saturated carbocycles. The third kappa shape index (κ3) is 5.09. The van der Waals surface area contributed by atoms with Gasteiger partial charge in [-0.3, -0.25) is 0 Å². The zero-order valence-corrected chi connectivity index (χ0v) is 33.0. The van der Waals surface area contributed by atoms with Crippen molar-refractivity contribution >= 4 is 102 Å². The topological polar surface area (TPSA) is 8.17 Å². The van der Waals surface area contributed by atoms with Crippen molar-refractivity contribution in [1.29, 1.82) is 0 Å². The summed E-state index contributed by atoms with van der Waals surface area (Å²) < 4.78 is 7.61. The molecule has 4 heteroatoms. The maximum absolute atomic E-state index is 2.53. The van der Waals surface area contributed by atoms with Crippen LogP contribution in [0.3, 0.4) is 0 Å². The predicted octanol–water partition coefficient (Wildman–Crippen LogP) is 16.3. The van der Waals surface area contributed by atoms with Crippen molar-refractivity contribution in [1.82, 2.24) is 4.57 Å². The summed E-state index contributed by atoms with van der Waals surface area (Å²) in [5, 5.41) is 7.63. The Hall–Kier alpha value is -6.98. The minimum Gasteiger partial charge on any atom is -0.309 e. The van der Waals surface area contributed by atoms with Gasteiger partial charge in [0.1, 0.15) is 0 Å². The molecule has 0 N–H and O–H groups in total. The van der Waals surface area contributed by atoms with E-state index in [2.05, 4.69) is 216 Å². The smallest absolute Gasteiger partial charge is 0.0640 e. The van der Waals surface area contributed by atoms with Crippen LogP contribution >= 0.6 is 22.7 Å². The number of nitrogens with zero attached hydrogens (tertiary/aromatic N) is 2. The third-order valence-electron chi connectivity index (χ3n) is 11.6. The second-order valence-electron chi connectivity index (χ2n) is 14.8. The lowest BCUT2D eigenvalue weighted by atomic mass is 9.92. The van der Waals surface area contributed by atoms with Gasteiger partial charge in [0, 0.05) is 63.4 Å². The van der Waals surface area contributed by atoms with Crippen molar-refractivity contribution in [2.24, 2.45) is 0 Å². The Morgan fingerprint density at radius 3 is 1.71 bits per heavy atom. The van der Waals surface area contributed by atoms with Gasteiger partial charge in [-0.1, -0.05) is 146 Å². The van der Waals surface area contributed by atoms with E-state index < -0.39 is 0 Å². The highest BCUT2D eigenvalue weighted by Gasteiger charge is 2.25. The van der Waals surface area contributed by atoms with Gasteiger partial charge >= 0.3 is 0 Å². The number of thiophene rings is 2. The Morgan fingerprint density at radius 2 is 0.931 bits per heavy atom. The molecule has 0 amide bonds. The summed E-state index contributed by atoms with van der Waals surface area (Å²) in [6.07, 6.45) is 0. The molecule has 0 aliphatic carbocycles. The lowest BCUT2D eigenvalue weighted by molar-refractivity contribution is 1.18. The molecule has 2 nitrogen and oxygen atoms in total. The van der Waals surface area contributed by atoms with Gasteiger partial charge in [0.2, 0.25) is 0 Å². The van der Waals surface area contributed by atoms with Crippen LogP contribution in [0, 0.1) is 0 Å². The van der Waals surface area contributed by atoms with Crippen LogP contribution in [0.5, 0.6) is 0 Å². The lowest BCUT2D eigenvalue weighted by Gasteiger charge is -2.28. The second-order valence-corrected chi connectivity index (χ2v) is 16.9. The van der Waals surface area contributed by atoms with Gasteiger partial charge < -0.3 is 9.47 Å². The Labute approximate surface area is 343 Å². The van der Waals surface area contributed by atoms with Gasteiger partial charge in [-0.25, -0.2) is 0 Å². The predicted molar refractivity (Wildman–Crippen MR) is 252 cm³/mol. The largest absolute Gasteiger partial charge is 0.309 e. The highest BCUT2D eigenvalue weighted by Crippen LogP contribution is 2.50.